The summed E-state index contributed by atoms with van der Waals surface area (Å²) in [7, 11) is 1.47. The molecule has 20 nitrogen and oxygen atoms in total. The van der Waals surface area contributed by atoms with Gasteiger partial charge in [0.25, 0.3) is 11.5 Å². The first-order chi connectivity index (χ1) is 26.1. The average molecular weight is 789 g/mol. The van der Waals surface area contributed by atoms with E-state index in [1.807, 2.05) is 6.07 Å². The summed E-state index contributed by atoms with van der Waals surface area (Å²) >= 11 is 5.77. The van der Waals surface area contributed by atoms with Crippen molar-refractivity contribution in [1.82, 2.24) is 29.1 Å². The van der Waals surface area contributed by atoms with Crippen LogP contribution in [0.2, 0.25) is 0 Å². The van der Waals surface area contributed by atoms with E-state index < -0.39 is 67.6 Å². The first-order valence-corrected chi connectivity index (χ1v) is 19.2. The summed E-state index contributed by atoms with van der Waals surface area (Å²) in [5, 5.41) is 33.3. The lowest BCUT2D eigenvalue weighted by atomic mass is 10.1. The van der Waals surface area contributed by atoms with Crippen molar-refractivity contribution < 1.29 is 47.5 Å². The van der Waals surface area contributed by atoms with E-state index in [1.54, 1.807) is 34.9 Å². The van der Waals surface area contributed by atoms with Crippen LogP contribution in [0.25, 0.3) is 11.2 Å². The predicted octanol–water partition coefficient (Wildman–Crippen LogP) is 0.755. The van der Waals surface area contributed by atoms with Crippen molar-refractivity contribution in [3.63, 3.8) is 0 Å². The van der Waals surface area contributed by atoms with E-state index >= 15 is 0 Å². The summed E-state index contributed by atoms with van der Waals surface area (Å²) in [4.78, 5) is 52.3. The van der Waals surface area contributed by atoms with Crippen LogP contribution >= 0.6 is 6.72 Å². The Kier molecular flexibility index (Phi) is 13.1. The quantitative estimate of drug-likeness (QED) is 0.0850. The summed E-state index contributed by atoms with van der Waals surface area (Å²) in [5.74, 6) is -0.194. The van der Waals surface area contributed by atoms with Crippen LogP contribution in [-0.4, -0.2) is 116 Å². The number of aromatic nitrogens is 6. The number of carbonyl (C=O) groups is 1. The third-order valence-corrected chi connectivity index (χ3v) is 10.8. The second-order valence-electron chi connectivity index (χ2n) is 11.9. The topological polar surface area (TPSA) is 256 Å². The zero-order valence-corrected chi connectivity index (χ0v) is 30.4. The summed E-state index contributed by atoms with van der Waals surface area (Å²) in [6.07, 6.45) is -3.35. The van der Waals surface area contributed by atoms with Crippen LogP contribution in [0.4, 0.5) is 5.82 Å². The molecule has 6 rings (SSSR count). The van der Waals surface area contributed by atoms with E-state index in [0.29, 0.717) is 16.7 Å². The third kappa shape index (κ3) is 8.97. The first kappa shape index (κ1) is 39.4. The van der Waals surface area contributed by atoms with Crippen LogP contribution in [0.1, 0.15) is 35.7 Å². The van der Waals surface area contributed by atoms with Gasteiger partial charge < -0.3 is 43.5 Å². The van der Waals surface area contributed by atoms with Crippen LogP contribution in [0, 0.1) is 11.3 Å². The van der Waals surface area contributed by atoms with Gasteiger partial charge in [0.15, 0.2) is 23.2 Å². The molecule has 2 aliphatic rings. The van der Waals surface area contributed by atoms with Crippen LogP contribution in [0.5, 0.6) is 0 Å². The zero-order valence-electron chi connectivity index (χ0n) is 28.7. The largest absolute Gasteiger partial charge is 0.394 e. The minimum absolute atomic E-state index is 0.0222. The number of benzene rings is 1. The number of ether oxygens (including phenoxy) is 4. The van der Waals surface area contributed by atoms with Crippen LogP contribution < -0.4 is 16.6 Å². The Bertz CT molecular complexity index is 2110. The van der Waals surface area contributed by atoms with Crippen LogP contribution in [0.3, 0.4) is 0 Å². The monoisotopic (exact) mass is 788 g/mol. The molecule has 3 aromatic heterocycles. The highest BCUT2D eigenvalue weighted by Gasteiger charge is 2.50. The van der Waals surface area contributed by atoms with Crippen molar-refractivity contribution in [1.29, 1.82) is 5.26 Å². The fourth-order valence-corrected chi connectivity index (χ4v) is 7.95. The number of amides is 1. The molecule has 54 heavy (non-hydrogen) atoms. The molecule has 0 aliphatic carbocycles. The highest BCUT2D eigenvalue weighted by atomic mass is 32.5. The number of anilines is 1. The van der Waals surface area contributed by atoms with Gasteiger partial charge in [0, 0.05) is 31.4 Å². The van der Waals surface area contributed by atoms with Gasteiger partial charge >= 0.3 is 12.4 Å². The van der Waals surface area contributed by atoms with Crippen LogP contribution in [0.15, 0.2) is 64.8 Å². The summed E-state index contributed by atoms with van der Waals surface area (Å²) in [5.41, 5.74) is -0.347. The molecular formula is C32H37N8O12PS. The minimum Gasteiger partial charge on any atom is -0.394 e. The summed E-state index contributed by atoms with van der Waals surface area (Å²) in [6, 6.07) is 11.7. The smallest absolute Gasteiger partial charge is 0.330 e. The maximum absolute atomic E-state index is 12.8. The van der Waals surface area contributed by atoms with E-state index in [2.05, 4.69) is 25.3 Å². The molecule has 0 radical (unpaired) electrons. The van der Waals surface area contributed by atoms with Crippen molar-refractivity contribution in [3.05, 3.63) is 81.7 Å². The molecule has 1 amide bonds. The van der Waals surface area contributed by atoms with Crippen molar-refractivity contribution in [2.45, 2.75) is 55.8 Å². The molecule has 4 aromatic rings. The molecule has 1 unspecified atom stereocenters. The number of nitrogens with zero attached hydrogens (tertiary/aromatic N) is 6. The number of fused-ring (bicyclic) bond motifs is 1. The molecule has 0 saturated carbocycles. The van der Waals surface area contributed by atoms with Crippen molar-refractivity contribution in [2.24, 2.45) is 0 Å². The highest BCUT2D eigenvalue weighted by molar-refractivity contribution is 8.07. The summed E-state index contributed by atoms with van der Waals surface area (Å²) < 4.78 is 44.1. The Balaban J connectivity index is 1.18. The van der Waals surface area contributed by atoms with Gasteiger partial charge in [0.2, 0.25) is 0 Å². The van der Waals surface area contributed by atoms with Crippen molar-refractivity contribution >= 4 is 41.4 Å². The summed E-state index contributed by atoms with van der Waals surface area (Å²) in [6.45, 7) is -4.76. The SMILES string of the molecule is COCCO[C@@H]1[C@H](OP(=S)(OCCC#N)OC[C@H]2O[C@@H](n3cnc4c(NC(=O)c5ccccc5)ncnc43)C[C@@H]2O)[C@@H](CO)O[C@H]1n1ccc(=O)[nH]c1=O. The Labute approximate surface area is 311 Å². The zero-order chi connectivity index (χ0) is 38.2. The second kappa shape index (κ2) is 17.9. The molecule has 0 spiro atoms. The normalized spacial score (nSPS) is 25.0. The van der Waals surface area contributed by atoms with Gasteiger partial charge in [-0.1, -0.05) is 18.2 Å². The Morgan fingerprint density at radius 3 is 2.65 bits per heavy atom. The van der Waals surface area contributed by atoms with E-state index in [0.717, 1.165) is 10.6 Å². The Hall–Kier alpha value is -4.30. The molecule has 2 fully saturated rings. The number of aliphatic hydroxyl groups excluding tert-OH is 2. The number of nitriles is 1. The molecule has 5 heterocycles. The van der Waals surface area contributed by atoms with Gasteiger partial charge in [-0.15, -0.1) is 0 Å². The lowest BCUT2D eigenvalue weighted by molar-refractivity contribution is -0.0820. The number of hydrogen-bond donors (Lipinski definition) is 4. The van der Waals surface area contributed by atoms with Gasteiger partial charge in [-0.2, -0.15) is 5.26 Å². The van der Waals surface area contributed by atoms with E-state index in [-0.39, 0.29) is 51.0 Å². The standard InChI is InChI=1S/C32H37N8O12PS/c1-46-12-13-47-27-26(21(15-41)51-31(27)39-10-8-23(43)37-32(39)45)52-53(54,48-11-5-9-33)49-16-22-20(42)14-24(50-22)40-18-36-25-28(34-17-35-29(25)40)38-30(44)19-6-3-2-4-7-19/h2-4,6-8,10,17-18,20-22,24,26-27,31,41-42H,5,11-16H2,1H3,(H,37,43,45)(H,34,35,38,44)/t20-,21+,22+,24+,26+,27+,31+,53?/m0/s1. The molecule has 22 heteroatoms. The Morgan fingerprint density at radius 2 is 1.91 bits per heavy atom. The van der Waals surface area contributed by atoms with Gasteiger partial charge in [-0.25, -0.2) is 19.7 Å². The average Bonchev–Trinajstić information content (AvgIpc) is 3.86. The van der Waals surface area contributed by atoms with Gasteiger partial charge in [-0.05, 0) is 23.9 Å². The molecule has 2 aliphatic heterocycles. The van der Waals surface area contributed by atoms with E-state index in [4.69, 9.17) is 44.3 Å². The van der Waals surface area contributed by atoms with E-state index in [9.17, 15) is 29.9 Å². The molecular weight excluding hydrogens is 751 g/mol. The number of H-pyrrole nitrogens is 1. The van der Waals surface area contributed by atoms with Crippen molar-refractivity contribution in [2.75, 3.05) is 45.5 Å². The molecule has 1 aromatic carbocycles. The number of aliphatic hydroxyl groups is 2. The molecule has 0 bridgehead atoms. The first-order valence-electron chi connectivity index (χ1n) is 16.6. The minimum atomic E-state index is -3.84. The third-order valence-electron chi connectivity index (χ3n) is 8.44. The van der Waals surface area contributed by atoms with Crippen LogP contribution in [-0.2, 0) is 44.3 Å². The number of aromatic amines is 1. The fraction of sp³-hybridized carbons (Fsp3) is 0.469. The lowest BCUT2D eigenvalue weighted by Crippen LogP contribution is -2.41. The lowest BCUT2D eigenvalue weighted by Gasteiger charge is -2.30. The maximum atomic E-state index is 12.8. The van der Waals surface area contributed by atoms with E-state index in [1.165, 1.54) is 26.0 Å². The number of imidazole rings is 1. The number of rotatable bonds is 17. The highest BCUT2D eigenvalue weighted by Crippen LogP contribution is 2.54. The van der Waals surface area contributed by atoms with Crippen molar-refractivity contribution in [3.8, 4) is 6.07 Å². The van der Waals surface area contributed by atoms with Gasteiger partial charge in [-0.3, -0.25) is 28.2 Å². The number of hydrogen-bond acceptors (Lipinski definition) is 17. The Morgan fingerprint density at radius 1 is 1.09 bits per heavy atom. The predicted molar refractivity (Wildman–Crippen MR) is 189 cm³/mol. The number of nitrogens with one attached hydrogen (secondary N) is 2. The van der Waals surface area contributed by atoms with Gasteiger partial charge in [0.1, 0.15) is 37.0 Å². The number of carbonyl (C=O) groups excluding carboxylic acids is 1. The molecule has 4 N–H and O–H groups in total. The fourth-order valence-electron chi connectivity index (χ4n) is 5.85. The molecule has 8 atom stereocenters. The second-order valence-corrected chi connectivity index (χ2v) is 14.9. The molecule has 2 saturated heterocycles. The molecule has 288 valence electrons. The maximum Gasteiger partial charge on any atom is 0.330 e. The van der Waals surface area contributed by atoms with Gasteiger partial charge in [0.05, 0.1) is 58.0 Å². The number of methoxy groups -OCH3 is 1.